The van der Waals surface area contributed by atoms with Crippen LogP contribution in [0.2, 0.25) is 0 Å². The normalized spacial score (nSPS) is 10.1. The summed E-state index contributed by atoms with van der Waals surface area (Å²) in [4.78, 5) is 7.84. The maximum Gasteiger partial charge on any atom is 0.219 e. The number of aromatic nitrogens is 2. The maximum absolute atomic E-state index is 5.81. The third-order valence-corrected chi connectivity index (χ3v) is 2.23. The van der Waals surface area contributed by atoms with Crippen LogP contribution in [0.5, 0.6) is 5.75 Å². The van der Waals surface area contributed by atoms with Crippen LogP contribution in [0.3, 0.4) is 0 Å². The van der Waals surface area contributed by atoms with E-state index in [-0.39, 0.29) is 5.95 Å². The van der Waals surface area contributed by atoms with Gasteiger partial charge in [-0.2, -0.15) is 0 Å². The Hall–Kier alpha value is -2.30. The highest BCUT2D eigenvalue weighted by Gasteiger charge is 2.03. The molecule has 0 atom stereocenters. The fourth-order valence-corrected chi connectivity index (χ4v) is 1.40. The quantitative estimate of drug-likeness (QED) is 0.739. The minimum atomic E-state index is 0.255. The first-order valence-electron chi connectivity index (χ1n) is 4.72. The molecule has 2 rings (SSSR count). The minimum absolute atomic E-state index is 0.255. The van der Waals surface area contributed by atoms with Crippen LogP contribution in [0.4, 0.5) is 11.6 Å². The fraction of sp³-hybridized carbons (Fsp3) is 0.0909. The predicted molar refractivity (Wildman–Crippen MR) is 62.8 cm³/mol. The van der Waals surface area contributed by atoms with Crippen LogP contribution in [0.15, 0.2) is 30.6 Å². The lowest BCUT2D eigenvalue weighted by atomic mass is 10.1. The van der Waals surface area contributed by atoms with Crippen LogP contribution in [-0.2, 0) is 0 Å². The number of nitrogen functional groups attached to an aromatic ring is 2. The van der Waals surface area contributed by atoms with Gasteiger partial charge in [0.1, 0.15) is 5.75 Å². The first-order chi connectivity index (χ1) is 7.70. The molecule has 0 bridgehead atoms. The SMILES string of the molecule is COc1ccc(-c2cnc(N)nc2)cc1N. The summed E-state index contributed by atoms with van der Waals surface area (Å²) < 4.78 is 5.08. The number of nitrogens with zero attached hydrogens (tertiary/aromatic N) is 2. The summed E-state index contributed by atoms with van der Waals surface area (Å²) >= 11 is 0. The zero-order chi connectivity index (χ0) is 11.5. The summed E-state index contributed by atoms with van der Waals surface area (Å²) in [7, 11) is 1.58. The van der Waals surface area contributed by atoms with E-state index in [9.17, 15) is 0 Å². The molecule has 0 fully saturated rings. The molecular formula is C11H12N4O. The van der Waals surface area contributed by atoms with Crippen LogP contribution in [0.1, 0.15) is 0 Å². The fourth-order valence-electron chi connectivity index (χ4n) is 1.40. The molecule has 0 saturated heterocycles. The number of hydrogen-bond acceptors (Lipinski definition) is 5. The topological polar surface area (TPSA) is 87.0 Å². The smallest absolute Gasteiger partial charge is 0.219 e. The van der Waals surface area contributed by atoms with Gasteiger partial charge >= 0.3 is 0 Å². The second kappa shape index (κ2) is 4.06. The summed E-state index contributed by atoms with van der Waals surface area (Å²) in [6.07, 6.45) is 3.31. The zero-order valence-corrected chi connectivity index (χ0v) is 8.84. The first-order valence-corrected chi connectivity index (χ1v) is 4.72. The van der Waals surface area contributed by atoms with Crippen LogP contribution in [0, 0.1) is 0 Å². The van der Waals surface area contributed by atoms with E-state index in [4.69, 9.17) is 16.2 Å². The molecule has 5 nitrogen and oxygen atoms in total. The summed E-state index contributed by atoms with van der Waals surface area (Å²) in [6.45, 7) is 0. The average molecular weight is 216 g/mol. The average Bonchev–Trinajstić information content (AvgIpc) is 2.30. The number of methoxy groups -OCH3 is 1. The Kier molecular flexibility index (Phi) is 2.59. The highest BCUT2D eigenvalue weighted by Crippen LogP contribution is 2.27. The largest absolute Gasteiger partial charge is 0.495 e. The molecule has 0 radical (unpaired) electrons. The molecule has 1 aromatic carbocycles. The van der Waals surface area contributed by atoms with Crippen LogP contribution in [-0.4, -0.2) is 17.1 Å². The Bertz CT molecular complexity index is 496. The number of ether oxygens (including phenoxy) is 1. The monoisotopic (exact) mass is 216 g/mol. The molecule has 0 aliphatic carbocycles. The second-order valence-corrected chi connectivity index (χ2v) is 3.29. The van der Waals surface area contributed by atoms with E-state index in [1.807, 2.05) is 12.1 Å². The van der Waals surface area contributed by atoms with Crippen molar-refractivity contribution in [2.75, 3.05) is 18.6 Å². The summed E-state index contributed by atoms with van der Waals surface area (Å²) in [6, 6.07) is 5.51. The molecule has 0 aliphatic heterocycles. The van der Waals surface area contributed by atoms with Gasteiger partial charge in [-0.15, -0.1) is 0 Å². The maximum atomic E-state index is 5.81. The van der Waals surface area contributed by atoms with Gasteiger partial charge in [-0.3, -0.25) is 0 Å². The molecular weight excluding hydrogens is 204 g/mol. The molecule has 0 spiro atoms. The van der Waals surface area contributed by atoms with Gasteiger partial charge < -0.3 is 16.2 Å². The van der Waals surface area contributed by atoms with E-state index in [0.717, 1.165) is 11.1 Å². The van der Waals surface area contributed by atoms with E-state index in [2.05, 4.69) is 9.97 Å². The molecule has 82 valence electrons. The van der Waals surface area contributed by atoms with Gasteiger partial charge in [-0.1, -0.05) is 6.07 Å². The third-order valence-electron chi connectivity index (χ3n) is 2.23. The van der Waals surface area contributed by atoms with Gasteiger partial charge in [0.25, 0.3) is 0 Å². The molecule has 0 amide bonds. The molecule has 4 N–H and O–H groups in total. The molecule has 5 heteroatoms. The van der Waals surface area contributed by atoms with Crippen molar-refractivity contribution in [3.8, 4) is 16.9 Å². The Balaban J connectivity index is 2.41. The van der Waals surface area contributed by atoms with Crippen molar-refractivity contribution in [3.63, 3.8) is 0 Å². The van der Waals surface area contributed by atoms with Crippen molar-refractivity contribution in [1.82, 2.24) is 9.97 Å². The first kappa shape index (κ1) is 10.2. The van der Waals surface area contributed by atoms with Gasteiger partial charge in [0.2, 0.25) is 5.95 Å². The lowest BCUT2D eigenvalue weighted by molar-refractivity contribution is 0.417. The van der Waals surface area contributed by atoms with E-state index < -0.39 is 0 Å². The van der Waals surface area contributed by atoms with Gasteiger partial charge in [0.15, 0.2) is 0 Å². The Morgan fingerprint density at radius 2 is 1.75 bits per heavy atom. The summed E-state index contributed by atoms with van der Waals surface area (Å²) in [5.74, 6) is 0.908. The van der Waals surface area contributed by atoms with Gasteiger partial charge in [-0.05, 0) is 17.7 Å². The number of hydrogen-bond donors (Lipinski definition) is 2. The Morgan fingerprint density at radius 1 is 1.06 bits per heavy atom. The number of nitrogens with two attached hydrogens (primary N) is 2. The van der Waals surface area contributed by atoms with Crippen molar-refractivity contribution < 1.29 is 4.74 Å². The molecule has 0 aliphatic rings. The van der Waals surface area contributed by atoms with Crippen molar-refractivity contribution in [1.29, 1.82) is 0 Å². The van der Waals surface area contributed by atoms with E-state index in [1.54, 1.807) is 25.6 Å². The van der Waals surface area contributed by atoms with Crippen LogP contribution >= 0.6 is 0 Å². The zero-order valence-electron chi connectivity index (χ0n) is 8.84. The Labute approximate surface area is 93.1 Å². The lowest BCUT2D eigenvalue weighted by Crippen LogP contribution is -1.95. The molecule has 1 aromatic heterocycles. The summed E-state index contributed by atoms with van der Waals surface area (Å²) in [5, 5.41) is 0. The highest BCUT2D eigenvalue weighted by molar-refractivity contribution is 5.69. The minimum Gasteiger partial charge on any atom is -0.495 e. The highest BCUT2D eigenvalue weighted by atomic mass is 16.5. The van der Waals surface area contributed by atoms with Crippen molar-refractivity contribution in [2.24, 2.45) is 0 Å². The molecule has 16 heavy (non-hydrogen) atoms. The van der Waals surface area contributed by atoms with Gasteiger partial charge in [0, 0.05) is 18.0 Å². The van der Waals surface area contributed by atoms with E-state index >= 15 is 0 Å². The Morgan fingerprint density at radius 3 is 2.31 bits per heavy atom. The van der Waals surface area contributed by atoms with Crippen molar-refractivity contribution >= 4 is 11.6 Å². The number of anilines is 2. The van der Waals surface area contributed by atoms with Crippen LogP contribution < -0.4 is 16.2 Å². The van der Waals surface area contributed by atoms with Crippen LogP contribution in [0.25, 0.3) is 11.1 Å². The van der Waals surface area contributed by atoms with Gasteiger partial charge in [-0.25, -0.2) is 9.97 Å². The van der Waals surface area contributed by atoms with Gasteiger partial charge in [0.05, 0.1) is 12.8 Å². The second-order valence-electron chi connectivity index (χ2n) is 3.29. The standard InChI is InChI=1S/C11H12N4O/c1-16-10-3-2-7(4-9(10)12)8-5-14-11(13)15-6-8/h2-6H,12H2,1H3,(H2,13,14,15). The number of benzene rings is 1. The van der Waals surface area contributed by atoms with E-state index in [1.165, 1.54) is 0 Å². The molecule has 0 unspecified atom stereocenters. The third kappa shape index (κ3) is 1.88. The summed E-state index contributed by atoms with van der Waals surface area (Å²) in [5.41, 5.74) is 13.6. The predicted octanol–water partition coefficient (Wildman–Crippen LogP) is 1.32. The molecule has 2 aromatic rings. The number of rotatable bonds is 2. The van der Waals surface area contributed by atoms with Crippen molar-refractivity contribution in [2.45, 2.75) is 0 Å². The molecule has 0 saturated carbocycles. The van der Waals surface area contributed by atoms with Crippen molar-refractivity contribution in [3.05, 3.63) is 30.6 Å². The van der Waals surface area contributed by atoms with E-state index in [0.29, 0.717) is 11.4 Å². The molecule has 1 heterocycles. The lowest BCUT2D eigenvalue weighted by Gasteiger charge is -2.06.